The van der Waals surface area contributed by atoms with Crippen molar-refractivity contribution in [3.05, 3.63) is 23.3 Å². The lowest BCUT2D eigenvalue weighted by atomic mass is 9.96. The molecule has 3 rings (SSSR count). The maximum atomic E-state index is 6.08. The van der Waals surface area contributed by atoms with Gasteiger partial charge in [0.25, 0.3) is 0 Å². The molecule has 1 aromatic carbocycles. The Kier molecular flexibility index (Phi) is 3.37. The molecule has 1 unspecified atom stereocenters. The predicted molar refractivity (Wildman–Crippen MR) is 78.0 cm³/mol. The Balaban J connectivity index is 2.01. The summed E-state index contributed by atoms with van der Waals surface area (Å²) in [7, 11) is 0. The lowest BCUT2D eigenvalue weighted by Gasteiger charge is -2.39. The molecule has 2 atom stereocenters. The van der Waals surface area contributed by atoms with E-state index in [2.05, 4.69) is 36.2 Å². The second-order valence-electron chi connectivity index (χ2n) is 5.73. The van der Waals surface area contributed by atoms with Crippen molar-refractivity contribution >= 4 is 5.69 Å². The molecule has 1 fully saturated rings. The van der Waals surface area contributed by atoms with Crippen LogP contribution < -0.4 is 20.7 Å². The SMILES string of the molecule is Cc1ccc(N2CCNC[C@@H]2C)c2c1OCC(N)C2. The van der Waals surface area contributed by atoms with Crippen molar-refractivity contribution in [2.45, 2.75) is 32.4 Å². The molecule has 0 aliphatic carbocycles. The number of anilines is 1. The van der Waals surface area contributed by atoms with E-state index in [1.54, 1.807) is 0 Å². The maximum absolute atomic E-state index is 6.08. The number of nitrogens with one attached hydrogen (secondary N) is 1. The summed E-state index contributed by atoms with van der Waals surface area (Å²) < 4.78 is 5.87. The van der Waals surface area contributed by atoms with Crippen LogP contribution in [0.2, 0.25) is 0 Å². The van der Waals surface area contributed by atoms with Gasteiger partial charge in [0.1, 0.15) is 12.4 Å². The van der Waals surface area contributed by atoms with E-state index < -0.39 is 0 Å². The molecule has 19 heavy (non-hydrogen) atoms. The fourth-order valence-corrected chi connectivity index (χ4v) is 3.11. The van der Waals surface area contributed by atoms with E-state index in [0.717, 1.165) is 31.8 Å². The van der Waals surface area contributed by atoms with Crippen LogP contribution in [0.3, 0.4) is 0 Å². The highest BCUT2D eigenvalue weighted by molar-refractivity contribution is 5.63. The molecule has 1 saturated heterocycles. The van der Waals surface area contributed by atoms with E-state index in [1.165, 1.54) is 16.8 Å². The zero-order valence-corrected chi connectivity index (χ0v) is 11.8. The monoisotopic (exact) mass is 261 g/mol. The van der Waals surface area contributed by atoms with Gasteiger partial charge in [0.15, 0.2) is 0 Å². The van der Waals surface area contributed by atoms with Gasteiger partial charge in [0, 0.05) is 43.0 Å². The number of piperazine rings is 1. The third-order valence-electron chi connectivity index (χ3n) is 4.15. The summed E-state index contributed by atoms with van der Waals surface area (Å²) in [6.45, 7) is 8.14. The van der Waals surface area contributed by atoms with Crippen LogP contribution in [0.5, 0.6) is 5.75 Å². The predicted octanol–water partition coefficient (Wildman–Crippen LogP) is 1.06. The largest absolute Gasteiger partial charge is 0.491 e. The molecular formula is C15H23N3O. The molecule has 1 aromatic rings. The highest BCUT2D eigenvalue weighted by atomic mass is 16.5. The smallest absolute Gasteiger partial charge is 0.127 e. The molecule has 0 saturated carbocycles. The number of hydrogen-bond acceptors (Lipinski definition) is 4. The third kappa shape index (κ3) is 2.30. The fourth-order valence-electron chi connectivity index (χ4n) is 3.11. The van der Waals surface area contributed by atoms with Crippen LogP contribution in [-0.4, -0.2) is 38.3 Å². The minimum absolute atomic E-state index is 0.117. The van der Waals surface area contributed by atoms with E-state index in [-0.39, 0.29) is 6.04 Å². The number of benzene rings is 1. The van der Waals surface area contributed by atoms with Crippen LogP contribution in [0.1, 0.15) is 18.1 Å². The Labute approximate surface area is 114 Å². The van der Waals surface area contributed by atoms with E-state index in [0.29, 0.717) is 12.6 Å². The van der Waals surface area contributed by atoms with Crippen LogP contribution in [0.15, 0.2) is 12.1 Å². The molecule has 3 N–H and O–H groups in total. The first-order chi connectivity index (χ1) is 9.16. The molecule has 0 aromatic heterocycles. The molecule has 0 amide bonds. The summed E-state index contributed by atoms with van der Waals surface area (Å²) >= 11 is 0. The molecule has 0 radical (unpaired) electrons. The van der Waals surface area contributed by atoms with Gasteiger partial charge < -0.3 is 20.7 Å². The molecule has 2 aliphatic heterocycles. The number of fused-ring (bicyclic) bond motifs is 1. The van der Waals surface area contributed by atoms with E-state index in [4.69, 9.17) is 10.5 Å². The van der Waals surface area contributed by atoms with Crippen LogP contribution in [-0.2, 0) is 6.42 Å². The van der Waals surface area contributed by atoms with E-state index >= 15 is 0 Å². The zero-order valence-electron chi connectivity index (χ0n) is 11.8. The molecule has 104 valence electrons. The summed E-state index contributed by atoms with van der Waals surface area (Å²) in [4.78, 5) is 2.48. The average Bonchev–Trinajstić information content (AvgIpc) is 2.40. The van der Waals surface area contributed by atoms with Gasteiger partial charge in [-0.3, -0.25) is 0 Å². The van der Waals surface area contributed by atoms with Crippen molar-refractivity contribution in [2.75, 3.05) is 31.1 Å². The number of rotatable bonds is 1. The summed E-state index contributed by atoms with van der Waals surface area (Å²) in [5.41, 5.74) is 9.90. The summed E-state index contributed by atoms with van der Waals surface area (Å²) in [5.74, 6) is 1.06. The Bertz CT molecular complexity index is 475. The topological polar surface area (TPSA) is 50.5 Å². The van der Waals surface area contributed by atoms with Crippen molar-refractivity contribution in [3.8, 4) is 5.75 Å². The minimum Gasteiger partial charge on any atom is -0.491 e. The summed E-state index contributed by atoms with van der Waals surface area (Å²) in [5, 5.41) is 3.44. The van der Waals surface area contributed by atoms with Gasteiger partial charge >= 0.3 is 0 Å². The number of ether oxygens (including phenoxy) is 1. The second kappa shape index (κ2) is 5.02. The summed E-state index contributed by atoms with van der Waals surface area (Å²) in [6.07, 6.45) is 0.920. The number of hydrogen-bond donors (Lipinski definition) is 2. The van der Waals surface area contributed by atoms with Crippen LogP contribution in [0.4, 0.5) is 5.69 Å². The molecular weight excluding hydrogens is 238 g/mol. The quantitative estimate of drug-likeness (QED) is 0.793. The molecule has 4 heteroatoms. The molecule has 0 bridgehead atoms. The van der Waals surface area contributed by atoms with Gasteiger partial charge in [-0.05, 0) is 31.9 Å². The maximum Gasteiger partial charge on any atom is 0.127 e. The van der Waals surface area contributed by atoms with Crippen LogP contribution in [0, 0.1) is 6.92 Å². The van der Waals surface area contributed by atoms with Gasteiger partial charge in [-0.1, -0.05) is 6.07 Å². The zero-order chi connectivity index (χ0) is 13.4. The van der Waals surface area contributed by atoms with Crippen molar-refractivity contribution in [1.29, 1.82) is 0 Å². The summed E-state index contributed by atoms with van der Waals surface area (Å²) in [6, 6.07) is 5.03. The van der Waals surface area contributed by atoms with Gasteiger partial charge in [0.05, 0.1) is 0 Å². The van der Waals surface area contributed by atoms with Gasteiger partial charge in [-0.25, -0.2) is 0 Å². The first-order valence-electron chi connectivity index (χ1n) is 7.15. The molecule has 0 spiro atoms. The number of aryl methyl sites for hydroxylation is 1. The normalized spacial score (nSPS) is 26.8. The van der Waals surface area contributed by atoms with Gasteiger partial charge in [0.2, 0.25) is 0 Å². The van der Waals surface area contributed by atoms with Crippen LogP contribution in [0.25, 0.3) is 0 Å². The molecule has 2 heterocycles. The first-order valence-corrected chi connectivity index (χ1v) is 7.15. The number of nitrogens with zero attached hydrogens (tertiary/aromatic N) is 1. The van der Waals surface area contributed by atoms with Crippen LogP contribution >= 0.6 is 0 Å². The lowest BCUT2D eigenvalue weighted by Crippen LogP contribution is -2.50. The Morgan fingerprint density at radius 3 is 3.05 bits per heavy atom. The number of nitrogens with two attached hydrogens (primary N) is 1. The first kappa shape index (κ1) is 12.8. The highest BCUT2D eigenvalue weighted by Crippen LogP contribution is 2.37. The average molecular weight is 261 g/mol. The fraction of sp³-hybridized carbons (Fsp3) is 0.600. The van der Waals surface area contributed by atoms with Crippen molar-refractivity contribution in [2.24, 2.45) is 5.73 Å². The van der Waals surface area contributed by atoms with Crippen molar-refractivity contribution < 1.29 is 4.74 Å². The second-order valence-corrected chi connectivity index (χ2v) is 5.73. The highest BCUT2D eigenvalue weighted by Gasteiger charge is 2.26. The van der Waals surface area contributed by atoms with E-state index in [1.807, 2.05) is 0 Å². The lowest BCUT2D eigenvalue weighted by molar-refractivity contribution is 0.261. The minimum atomic E-state index is 0.117. The van der Waals surface area contributed by atoms with E-state index in [9.17, 15) is 0 Å². The van der Waals surface area contributed by atoms with Crippen molar-refractivity contribution in [1.82, 2.24) is 5.32 Å². The van der Waals surface area contributed by atoms with Crippen molar-refractivity contribution in [3.63, 3.8) is 0 Å². The molecule has 2 aliphatic rings. The Morgan fingerprint density at radius 2 is 2.26 bits per heavy atom. The molecule has 4 nitrogen and oxygen atoms in total. The Morgan fingerprint density at radius 1 is 1.42 bits per heavy atom. The van der Waals surface area contributed by atoms with Gasteiger partial charge in [-0.15, -0.1) is 0 Å². The van der Waals surface area contributed by atoms with Gasteiger partial charge in [-0.2, -0.15) is 0 Å². The Hall–Kier alpha value is -1.26. The standard InChI is InChI=1S/C15H23N3O/c1-10-3-4-14(18-6-5-17-8-11(18)2)13-7-12(16)9-19-15(10)13/h3-4,11-12,17H,5-9,16H2,1-2H3/t11-,12?/m0/s1. The third-order valence-corrected chi connectivity index (χ3v) is 4.15.